The molecule has 0 unspecified atom stereocenters. The van der Waals surface area contributed by atoms with Crippen LogP contribution in [0.4, 0.5) is 10.1 Å². The third-order valence-corrected chi connectivity index (χ3v) is 4.13. The maximum absolute atomic E-state index is 13.3. The Balaban J connectivity index is 1.79. The lowest BCUT2D eigenvalue weighted by molar-refractivity contribution is 0.567. The number of hydrogen-bond donors (Lipinski definition) is 1. The molecule has 0 aromatic heterocycles. The minimum atomic E-state index is -0.534. The largest absolute Gasteiger partial charge is 0.382 e. The van der Waals surface area contributed by atoms with Crippen molar-refractivity contribution in [1.82, 2.24) is 0 Å². The van der Waals surface area contributed by atoms with Gasteiger partial charge in [0.2, 0.25) is 0 Å². The maximum atomic E-state index is 13.3. The Morgan fingerprint density at radius 1 is 1.06 bits per heavy atom. The monoisotopic (exact) mass is 273 g/mol. The molecule has 0 spiro atoms. The molecule has 0 atom stereocenters. The SMILES string of the molecule is Fc1c(Cl)cc(NC(C2CC2)C2CC2)cc1Cl. The van der Waals surface area contributed by atoms with E-state index in [1.54, 1.807) is 12.1 Å². The van der Waals surface area contributed by atoms with Gasteiger partial charge in [-0.2, -0.15) is 0 Å². The van der Waals surface area contributed by atoms with Gasteiger partial charge in [-0.3, -0.25) is 0 Å². The van der Waals surface area contributed by atoms with E-state index in [4.69, 9.17) is 23.2 Å². The second-order valence-electron chi connectivity index (χ2n) is 5.10. The first-order valence-corrected chi connectivity index (χ1v) is 6.82. The fourth-order valence-corrected chi connectivity index (χ4v) is 2.85. The molecule has 0 bridgehead atoms. The average Bonchev–Trinajstić information content (AvgIpc) is 3.16. The molecular formula is C13H14Cl2FN. The van der Waals surface area contributed by atoms with E-state index in [-0.39, 0.29) is 10.0 Å². The quantitative estimate of drug-likeness (QED) is 0.782. The van der Waals surface area contributed by atoms with Crippen LogP contribution in [-0.2, 0) is 0 Å². The molecule has 0 aliphatic heterocycles. The number of hydrogen-bond acceptors (Lipinski definition) is 1. The highest BCUT2D eigenvalue weighted by atomic mass is 35.5. The minimum absolute atomic E-state index is 0.0883. The molecule has 1 aromatic carbocycles. The van der Waals surface area contributed by atoms with Crippen molar-refractivity contribution in [3.63, 3.8) is 0 Å². The number of rotatable bonds is 4. The molecule has 0 radical (unpaired) electrons. The zero-order valence-electron chi connectivity index (χ0n) is 9.35. The maximum Gasteiger partial charge on any atom is 0.160 e. The van der Waals surface area contributed by atoms with E-state index in [1.165, 1.54) is 25.7 Å². The van der Waals surface area contributed by atoms with Gasteiger partial charge in [0.15, 0.2) is 5.82 Å². The third-order valence-electron chi connectivity index (χ3n) is 3.58. The number of halogens is 3. The van der Waals surface area contributed by atoms with Crippen LogP contribution in [0.5, 0.6) is 0 Å². The van der Waals surface area contributed by atoms with Crippen molar-refractivity contribution in [2.75, 3.05) is 5.32 Å². The topological polar surface area (TPSA) is 12.0 Å². The Hall–Kier alpha value is -0.470. The molecule has 92 valence electrons. The zero-order chi connectivity index (χ0) is 12.0. The van der Waals surface area contributed by atoms with Gasteiger partial charge < -0.3 is 5.32 Å². The number of nitrogens with one attached hydrogen (secondary N) is 1. The Bertz CT molecular complexity index is 406. The van der Waals surface area contributed by atoms with Gasteiger partial charge in [-0.15, -0.1) is 0 Å². The average molecular weight is 274 g/mol. The van der Waals surface area contributed by atoms with E-state index in [0.29, 0.717) is 6.04 Å². The predicted molar refractivity (Wildman–Crippen MR) is 69.3 cm³/mol. The highest BCUT2D eigenvalue weighted by Gasteiger charge is 2.41. The highest BCUT2D eigenvalue weighted by molar-refractivity contribution is 6.35. The van der Waals surface area contributed by atoms with Gasteiger partial charge in [0.25, 0.3) is 0 Å². The van der Waals surface area contributed by atoms with Crippen LogP contribution in [0.3, 0.4) is 0 Å². The van der Waals surface area contributed by atoms with Crippen molar-refractivity contribution in [1.29, 1.82) is 0 Å². The van der Waals surface area contributed by atoms with Crippen LogP contribution >= 0.6 is 23.2 Å². The zero-order valence-corrected chi connectivity index (χ0v) is 10.9. The lowest BCUT2D eigenvalue weighted by Gasteiger charge is -2.19. The molecule has 2 fully saturated rings. The molecule has 1 N–H and O–H groups in total. The normalized spacial score (nSPS) is 19.8. The molecule has 2 aliphatic carbocycles. The van der Waals surface area contributed by atoms with Crippen molar-refractivity contribution < 1.29 is 4.39 Å². The predicted octanol–water partition coefficient (Wildman–Crippen LogP) is 4.73. The summed E-state index contributed by atoms with van der Waals surface area (Å²) in [6.07, 6.45) is 5.21. The fraction of sp³-hybridized carbons (Fsp3) is 0.538. The molecule has 2 saturated carbocycles. The van der Waals surface area contributed by atoms with Gasteiger partial charge in [-0.05, 0) is 49.7 Å². The molecule has 1 aromatic rings. The third kappa shape index (κ3) is 2.53. The molecule has 0 saturated heterocycles. The van der Waals surface area contributed by atoms with E-state index < -0.39 is 5.82 Å². The second kappa shape index (κ2) is 4.33. The van der Waals surface area contributed by atoms with Crippen LogP contribution < -0.4 is 5.32 Å². The first kappa shape index (κ1) is 11.6. The summed E-state index contributed by atoms with van der Waals surface area (Å²) in [6, 6.07) is 3.77. The van der Waals surface area contributed by atoms with Crippen molar-refractivity contribution >= 4 is 28.9 Å². The first-order chi connectivity index (χ1) is 8.15. The Labute approximate surface area is 110 Å². The van der Waals surface area contributed by atoms with Crippen molar-refractivity contribution in [3.8, 4) is 0 Å². The standard InChI is InChI=1S/C13H14Cl2FN/c14-10-5-9(6-11(15)12(10)16)17-13(7-1-2-7)8-3-4-8/h5-8,13,17H,1-4H2. The molecule has 0 amide bonds. The fourth-order valence-electron chi connectivity index (χ4n) is 2.36. The van der Waals surface area contributed by atoms with Crippen LogP contribution in [0.1, 0.15) is 25.7 Å². The van der Waals surface area contributed by atoms with Crippen LogP contribution in [0, 0.1) is 17.7 Å². The van der Waals surface area contributed by atoms with Gasteiger partial charge in [0, 0.05) is 11.7 Å². The summed E-state index contributed by atoms with van der Waals surface area (Å²) in [5, 5.41) is 3.65. The van der Waals surface area contributed by atoms with E-state index in [1.807, 2.05) is 0 Å². The summed E-state index contributed by atoms with van der Waals surface area (Å²) < 4.78 is 13.3. The highest BCUT2D eigenvalue weighted by Crippen LogP contribution is 2.46. The number of benzene rings is 1. The Morgan fingerprint density at radius 3 is 1.94 bits per heavy atom. The summed E-state index contributed by atoms with van der Waals surface area (Å²) in [6.45, 7) is 0. The molecule has 17 heavy (non-hydrogen) atoms. The second-order valence-corrected chi connectivity index (χ2v) is 5.91. The van der Waals surface area contributed by atoms with E-state index in [2.05, 4.69) is 5.32 Å². The lowest BCUT2D eigenvalue weighted by Crippen LogP contribution is -2.24. The van der Waals surface area contributed by atoms with E-state index in [9.17, 15) is 4.39 Å². The van der Waals surface area contributed by atoms with Crippen molar-refractivity contribution in [2.24, 2.45) is 11.8 Å². The number of anilines is 1. The van der Waals surface area contributed by atoms with Gasteiger partial charge in [0.1, 0.15) is 0 Å². The molecule has 0 heterocycles. The van der Waals surface area contributed by atoms with Gasteiger partial charge in [-0.25, -0.2) is 4.39 Å². The smallest absolute Gasteiger partial charge is 0.160 e. The van der Waals surface area contributed by atoms with Crippen LogP contribution in [-0.4, -0.2) is 6.04 Å². The molecular weight excluding hydrogens is 260 g/mol. The summed E-state index contributed by atoms with van der Waals surface area (Å²) in [5.41, 5.74) is 0.838. The van der Waals surface area contributed by atoms with Crippen molar-refractivity contribution in [3.05, 3.63) is 28.0 Å². The Kier molecular flexibility index (Phi) is 2.95. The lowest BCUT2D eigenvalue weighted by atomic mass is 10.1. The van der Waals surface area contributed by atoms with Crippen LogP contribution in [0.25, 0.3) is 0 Å². The van der Waals surface area contributed by atoms with Gasteiger partial charge >= 0.3 is 0 Å². The molecule has 1 nitrogen and oxygen atoms in total. The van der Waals surface area contributed by atoms with E-state index >= 15 is 0 Å². The van der Waals surface area contributed by atoms with Gasteiger partial charge in [0.05, 0.1) is 10.0 Å². The summed E-state index contributed by atoms with van der Waals surface area (Å²) >= 11 is 11.6. The summed E-state index contributed by atoms with van der Waals surface area (Å²) in [7, 11) is 0. The first-order valence-electron chi connectivity index (χ1n) is 6.06. The van der Waals surface area contributed by atoms with Crippen LogP contribution in [0.15, 0.2) is 12.1 Å². The molecule has 4 heteroatoms. The molecule has 2 aliphatic rings. The summed E-state index contributed by atoms with van der Waals surface area (Å²) in [4.78, 5) is 0. The Morgan fingerprint density at radius 2 is 1.53 bits per heavy atom. The molecule has 3 rings (SSSR count). The van der Waals surface area contributed by atoms with Crippen molar-refractivity contribution in [2.45, 2.75) is 31.7 Å². The van der Waals surface area contributed by atoms with E-state index in [0.717, 1.165) is 17.5 Å². The van der Waals surface area contributed by atoms with Gasteiger partial charge in [-0.1, -0.05) is 23.2 Å². The van der Waals surface area contributed by atoms with Crippen LogP contribution in [0.2, 0.25) is 10.0 Å². The summed E-state index contributed by atoms with van der Waals surface area (Å²) in [5.74, 6) is 1.03. The minimum Gasteiger partial charge on any atom is -0.382 e.